The van der Waals surface area contributed by atoms with Gasteiger partial charge in [-0.1, -0.05) is 12.1 Å². The number of carbonyl (C=O) groups excluding carboxylic acids is 1. The lowest BCUT2D eigenvalue weighted by Gasteiger charge is -2.20. The van der Waals surface area contributed by atoms with E-state index in [1.807, 2.05) is 0 Å². The van der Waals surface area contributed by atoms with E-state index in [0.29, 0.717) is 18.7 Å². The van der Waals surface area contributed by atoms with Crippen molar-refractivity contribution in [3.8, 4) is 5.75 Å². The van der Waals surface area contributed by atoms with Gasteiger partial charge in [-0.25, -0.2) is 4.39 Å². The molecule has 0 saturated carbocycles. The van der Waals surface area contributed by atoms with Crippen molar-refractivity contribution in [2.45, 2.75) is 12.5 Å². The molecule has 0 bridgehead atoms. The quantitative estimate of drug-likeness (QED) is 0.762. The van der Waals surface area contributed by atoms with Crippen LogP contribution < -0.4 is 10.5 Å². The highest BCUT2D eigenvalue weighted by molar-refractivity contribution is 5.81. The summed E-state index contributed by atoms with van der Waals surface area (Å²) in [6, 6.07) is 5.30. The van der Waals surface area contributed by atoms with Crippen LogP contribution in [0.5, 0.6) is 5.75 Å². The summed E-state index contributed by atoms with van der Waals surface area (Å²) in [7, 11) is 1.65. The maximum atomic E-state index is 12.9. The SMILES string of the molecule is C=CCC(N)C(=O)N(C)CCOc1cccc(F)c1. The molecule has 1 unspecified atom stereocenters. The molecule has 0 aliphatic carbocycles. The third-order valence-corrected chi connectivity index (χ3v) is 2.61. The standard InChI is InChI=1S/C14H19FN2O2/c1-3-5-13(16)14(18)17(2)8-9-19-12-7-4-6-11(15)10-12/h3-4,6-7,10,13H,1,5,8-9,16H2,2H3. The van der Waals surface area contributed by atoms with Crippen molar-refractivity contribution in [2.24, 2.45) is 5.73 Å². The number of hydrogen-bond acceptors (Lipinski definition) is 3. The number of amides is 1. The summed E-state index contributed by atoms with van der Waals surface area (Å²) in [4.78, 5) is 13.3. The maximum absolute atomic E-state index is 12.9. The Morgan fingerprint density at radius 3 is 3.00 bits per heavy atom. The number of ether oxygens (including phenoxy) is 1. The van der Waals surface area contributed by atoms with Crippen LogP contribution in [0.1, 0.15) is 6.42 Å². The first-order valence-electron chi connectivity index (χ1n) is 6.04. The molecule has 1 atom stereocenters. The van der Waals surface area contributed by atoms with Gasteiger partial charge in [0.05, 0.1) is 12.6 Å². The lowest BCUT2D eigenvalue weighted by Crippen LogP contribution is -2.42. The minimum absolute atomic E-state index is 0.164. The molecule has 0 saturated heterocycles. The lowest BCUT2D eigenvalue weighted by molar-refractivity contribution is -0.131. The van der Waals surface area contributed by atoms with Gasteiger partial charge in [0.25, 0.3) is 0 Å². The molecule has 1 amide bonds. The fraction of sp³-hybridized carbons (Fsp3) is 0.357. The first-order chi connectivity index (χ1) is 9.04. The summed E-state index contributed by atoms with van der Waals surface area (Å²) >= 11 is 0. The molecule has 0 fully saturated rings. The van der Waals surface area contributed by atoms with E-state index in [4.69, 9.17) is 10.5 Å². The molecule has 0 aliphatic heterocycles. The largest absolute Gasteiger partial charge is 0.492 e. The highest BCUT2D eigenvalue weighted by Crippen LogP contribution is 2.11. The topological polar surface area (TPSA) is 55.6 Å². The van der Waals surface area contributed by atoms with E-state index in [9.17, 15) is 9.18 Å². The summed E-state index contributed by atoms with van der Waals surface area (Å²) in [5.74, 6) is -0.0751. The summed E-state index contributed by atoms with van der Waals surface area (Å²) in [6.07, 6.45) is 2.05. The summed E-state index contributed by atoms with van der Waals surface area (Å²) in [6.45, 7) is 4.21. The Morgan fingerprint density at radius 2 is 2.37 bits per heavy atom. The Morgan fingerprint density at radius 1 is 1.63 bits per heavy atom. The second-order valence-electron chi connectivity index (χ2n) is 4.20. The van der Waals surface area contributed by atoms with Gasteiger partial charge in [-0.3, -0.25) is 4.79 Å². The van der Waals surface area contributed by atoms with Gasteiger partial charge in [-0.15, -0.1) is 6.58 Å². The highest BCUT2D eigenvalue weighted by atomic mass is 19.1. The van der Waals surface area contributed by atoms with E-state index in [2.05, 4.69) is 6.58 Å². The molecule has 5 heteroatoms. The number of hydrogen-bond donors (Lipinski definition) is 1. The van der Waals surface area contributed by atoms with Gasteiger partial charge in [-0.05, 0) is 18.6 Å². The van der Waals surface area contributed by atoms with E-state index >= 15 is 0 Å². The first kappa shape index (κ1) is 15.2. The Balaban J connectivity index is 2.36. The predicted octanol–water partition coefficient (Wildman–Crippen LogP) is 1.57. The van der Waals surface area contributed by atoms with Crippen molar-refractivity contribution < 1.29 is 13.9 Å². The normalized spacial score (nSPS) is 11.7. The molecule has 4 nitrogen and oxygen atoms in total. The summed E-state index contributed by atoms with van der Waals surface area (Å²) in [5, 5.41) is 0. The Bertz CT molecular complexity index is 437. The zero-order valence-electron chi connectivity index (χ0n) is 11.0. The van der Waals surface area contributed by atoms with Crippen LogP contribution in [-0.2, 0) is 4.79 Å². The number of benzene rings is 1. The Kier molecular flexibility index (Phi) is 6.02. The van der Waals surface area contributed by atoms with E-state index in [1.54, 1.807) is 25.3 Å². The van der Waals surface area contributed by atoms with Crippen molar-refractivity contribution in [1.82, 2.24) is 4.90 Å². The average molecular weight is 266 g/mol. The van der Waals surface area contributed by atoms with E-state index in [-0.39, 0.29) is 18.3 Å². The first-order valence-corrected chi connectivity index (χ1v) is 6.04. The molecule has 1 aromatic carbocycles. The van der Waals surface area contributed by atoms with Crippen molar-refractivity contribution in [3.63, 3.8) is 0 Å². The number of likely N-dealkylation sites (N-methyl/N-ethyl adjacent to an activating group) is 1. The van der Waals surface area contributed by atoms with E-state index < -0.39 is 6.04 Å². The van der Waals surface area contributed by atoms with Crippen LogP contribution in [-0.4, -0.2) is 37.0 Å². The van der Waals surface area contributed by atoms with Gasteiger partial charge in [0, 0.05) is 13.1 Å². The van der Waals surface area contributed by atoms with Gasteiger partial charge < -0.3 is 15.4 Å². The number of carbonyl (C=O) groups is 1. The highest BCUT2D eigenvalue weighted by Gasteiger charge is 2.16. The van der Waals surface area contributed by atoms with E-state index in [0.717, 1.165) is 0 Å². The van der Waals surface area contributed by atoms with Gasteiger partial charge in [0.2, 0.25) is 5.91 Å². The van der Waals surface area contributed by atoms with Crippen LogP contribution in [0.4, 0.5) is 4.39 Å². The van der Waals surface area contributed by atoms with Crippen LogP contribution >= 0.6 is 0 Å². The number of halogens is 1. The predicted molar refractivity (Wildman–Crippen MR) is 72.3 cm³/mol. The van der Waals surface area contributed by atoms with Crippen LogP contribution in [0.2, 0.25) is 0 Å². The smallest absolute Gasteiger partial charge is 0.239 e. The van der Waals surface area contributed by atoms with Crippen LogP contribution in [0, 0.1) is 5.82 Å². The molecule has 0 spiro atoms. The monoisotopic (exact) mass is 266 g/mol. The zero-order chi connectivity index (χ0) is 14.3. The summed E-state index contributed by atoms with van der Waals surface area (Å²) < 4.78 is 18.3. The van der Waals surface area contributed by atoms with Crippen molar-refractivity contribution in [2.75, 3.05) is 20.2 Å². The lowest BCUT2D eigenvalue weighted by atomic mass is 10.2. The van der Waals surface area contributed by atoms with Crippen molar-refractivity contribution >= 4 is 5.91 Å². The van der Waals surface area contributed by atoms with Gasteiger partial charge in [0.15, 0.2) is 0 Å². The molecular weight excluding hydrogens is 247 g/mol. The Hall–Kier alpha value is -1.88. The minimum atomic E-state index is -0.573. The minimum Gasteiger partial charge on any atom is -0.492 e. The molecule has 0 aromatic heterocycles. The van der Waals surface area contributed by atoms with E-state index in [1.165, 1.54) is 17.0 Å². The molecule has 1 rings (SSSR count). The fourth-order valence-corrected chi connectivity index (χ4v) is 1.53. The molecule has 0 radical (unpaired) electrons. The molecule has 0 heterocycles. The van der Waals surface area contributed by atoms with Gasteiger partial charge >= 0.3 is 0 Å². The molecule has 1 aromatic rings. The van der Waals surface area contributed by atoms with Crippen LogP contribution in [0.3, 0.4) is 0 Å². The number of nitrogens with zero attached hydrogens (tertiary/aromatic N) is 1. The second kappa shape index (κ2) is 7.53. The molecule has 104 valence electrons. The van der Waals surface area contributed by atoms with Crippen molar-refractivity contribution in [3.05, 3.63) is 42.7 Å². The molecule has 0 aliphatic rings. The van der Waals surface area contributed by atoms with Crippen molar-refractivity contribution in [1.29, 1.82) is 0 Å². The number of nitrogens with two attached hydrogens (primary N) is 1. The zero-order valence-corrected chi connectivity index (χ0v) is 11.0. The third-order valence-electron chi connectivity index (χ3n) is 2.61. The molecular formula is C14H19FN2O2. The Labute approximate surface area is 112 Å². The van der Waals surface area contributed by atoms with Gasteiger partial charge in [-0.2, -0.15) is 0 Å². The average Bonchev–Trinajstić information content (AvgIpc) is 2.38. The maximum Gasteiger partial charge on any atom is 0.239 e. The second-order valence-corrected chi connectivity index (χ2v) is 4.20. The van der Waals surface area contributed by atoms with Crippen LogP contribution in [0.15, 0.2) is 36.9 Å². The van der Waals surface area contributed by atoms with Crippen LogP contribution in [0.25, 0.3) is 0 Å². The molecule has 19 heavy (non-hydrogen) atoms. The summed E-state index contributed by atoms with van der Waals surface area (Å²) in [5.41, 5.74) is 5.68. The van der Waals surface area contributed by atoms with Gasteiger partial charge in [0.1, 0.15) is 18.2 Å². The third kappa shape index (κ3) is 5.09. The molecule has 2 N–H and O–H groups in total. The fourth-order valence-electron chi connectivity index (χ4n) is 1.53. The number of rotatable bonds is 7.